The van der Waals surface area contributed by atoms with E-state index in [1.807, 2.05) is 13.8 Å². The van der Waals surface area contributed by atoms with Crippen molar-refractivity contribution in [3.05, 3.63) is 28.2 Å². The average molecular weight is 312 g/mol. The van der Waals surface area contributed by atoms with Crippen molar-refractivity contribution < 1.29 is 5.11 Å². The van der Waals surface area contributed by atoms with Gasteiger partial charge >= 0.3 is 0 Å². The molecule has 1 aromatic rings. The summed E-state index contributed by atoms with van der Waals surface area (Å²) in [5.74, 6) is 0. The predicted octanol–water partition coefficient (Wildman–Crippen LogP) is 3.75. The minimum atomic E-state index is -0.619. The zero-order chi connectivity index (χ0) is 13.5. The van der Waals surface area contributed by atoms with Crippen LogP contribution < -0.4 is 4.90 Å². The van der Waals surface area contributed by atoms with Gasteiger partial charge in [-0.1, -0.05) is 22.0 Å². The Bertz CT molecular complexity index is 437. The Kier molecular flexibility index (Phi) is 3.75. The van der Waals surface area contributed by atoms with Crippen LogP contribution in [-0.4, -0.2) is 22.8 Å². The third-order valence-corrected chi connectivity index (χ3v) is 4.24. The molecule has 1 aliphatic rings. The Morgan fingerprint density at radius 3 is 2.67 bits per heavy atom. The highest BCUT2D eigenvalue weighted by atomic mass is 79.9. The second-order valence-corrected chi connectivity index (χ2v) is 6.97. The normalized spacial score (nSPS) is 19.5. The molecule has 0 fully saturated rings. The van der Waals surface area contributed by atoms with Gasteiger partial charge in [0, 0.05) is 22.2 Å². The molecule has 0 aromatic heterocycles. The van der Waals surface area contributed by atoms with Gasteiger partial charge in [-0.25, -0.2) is 0 Å². The van der Waals surface area contributed by atoms with Gasteiger partial charge in [0.15, 0.2) is 0 Å². The molecule has 2 nitrogen and oxygen atoms in total. The van der Waals surface area contributed by atoms with Crippen LogP contribution in [0.3, 0.4) is 0 Å². The lowest BCUT2D eigenvalue weighted by atomic mass is 9.96. The van der Waals surface area contributed by atoms with E-state index in [-0.39, 0.29) is 0 Å². The first-order chi connectivity index (χ1) is 8.29. The molecule has 0 saturated heterocycles. The van der Waals surface area contributed by atoms with Crippen molar-refractivity contribution in [3.63, 3.8) is 0 Å². The molecule has 1 atom stereocenters. The molecule has 3 heteroatoms. The summed E-state index contributed by atoms with van der Waals surface area (Å²) in [7, 11) is 0. The van der Waals surface area contributed by atoms with E-state index in [0.717, 1.165) is 12.8 Å². The van der Waals surface area contributed by atoms with E-state index in [1.54, 1.807) is 0 Å². The summed E-state index contributed by atoms with van der Waals surface area (Å²) >= 11 is 3.64. The second kappa shape index (κ2) is 4.86. The van der Waals surface area contributed by atoms with Crippen molar-refractivity contribution in [1.29, 1.82) is 0 Å². The van der Waals surface area contributed by atoms with Gasteiger partial charge in [0.25, 0.3) is 0 Å². The van der Waals surface area contributed by atoms with Crippen LogP contribution >= 0.6 is 15.9 Å². The number of nitrogens with zero attached hydrogens (tertiary/aromatic N) is 1. The molecule has 1 N–H and O–H groups in total. The standard InChI is InChI=1S/C15H22BrNO/c1-10(2)17-11(9-15(3,4)18)8-12-13(16)6-5-7-14(12)17/h5-7,10-11,18H,8-9H2,1-4H3. The first kappa shape index (κ1) is 13.9. The minimum absolute atomic E-state index is 0.388. The van der Waals surface area contributed by atoms with E-state index in [0.29, 0.717) is 12.1 Å². The number of anilines is 1. The number of halogens is 1. The highest BCUT2D eigenvalue weighted by Gasteiger charge is 2.35. The summed E-state index contributed by atoms with van der Waals surface area (Å²) < 4.78 is 1.18. The number of fused-ring (bicyclic) bond motifs is 1. The lowest BCUT2D eigenvalue weighted by Crippen LogP contribution is -2.42. The predicted molar refractivity (Wildman–Crippen MR) is 80.2 cm³/mol. The number of rotatable bonds is 3. The second-order valence-electron chi connectivity index (χ2n) is 6.11. The fourth-order valence-corrected chi connectivity index (χ4v) is 3.49. The van der Waals surface area contributed by atoms with Crippen LogP contribution in [0.5, 0.6) is 0 Å². The Labute approximate surface area is 118 Å². The van der Waals surface area contributed by atoms with Gasteiger partial charge in [0.05, 0.1) is 5.60 Å². The van der Waals surface area contributed by atoms with E-state index in [1.165, 1.54) is 15.7 Å². The molecule has 100 valence electrons. The Hall–Kier alpha value is -0.540. The Morgan fingerprint density at radius 2 is 2.11 bits per heavy atom. The quantitative estimate of drug-likeness (QED) is 0.919. The molecule has 0 spiro atoms. The fourth-order valence-electron chi connectivity index (χ4n) is 2.97. The van der Waals surface area contributed by atoms with Gasteiger partial charge in [-0.15, -0.1) is 0 Å². The van der Waals surface area contributed by atoms with Crippen molar-refractivity contribution in [2.24, 2.45) is 0 Å². The van der Waals surface area contributed by atoms with E-state index in [4.69, 9.17) is 0 Å². The summed E-state index contributed by atoms with van der Waals surface area (Å²) in [6, 6.07) is 7.21. The van der Waals surface area contributed by atoms with Gasteiger partial charge in [0.1, 0.15) is 0 Å². The molecule has 1 aliphatic heterocycles. The number of aliphatic hydroxyl groups is 1. The van der Waals surface area contributed by atoms with Crippen LogP contribution in [0.4, 0.5) is 5.69 Å². The van der Waals surface area contributed by atoms with Crippen LogP contribution in [0.2, 0.25) is 0 Å². The molecule has 0 bridgehead atoms. The van der Waals surface area contributed by atoms with Crippen molar-refractivity contribution in [3.8, 4) is 0 Å². The smallest absolute Gasteiger partial charge is 0.0611 e. The van der Waals surface area contributed by atoms with Crippen LogP contribution in [0.25, 0.3) is 0 Å². The van der Waals surface area contributed by atoms with Crippen molar-refractivity contribution in [2.45, 2.75) is 58.2 Å². The Balaban J connectivity index is 2.34. The molecule has 0 saturated carbocycles. The molecule has 0 radical (unpaired) electrons. The van der Waals surface area contributed by atoms with Gasteiger partial charge in [-0.3, -0.25) is 0 Å². The molecule has 0 amide bonds. The van der Waals surface area contributed by atoms with Gasteiger partial charge in [-0.05, 0) is 58.2 Å². The lowest BCUT2D eigenvalue weighted by Gasteiger charge is -2.34. The van der Waals surface area contributed by atoms with E-state index in [2.05, 4.69) is 52.9 Å². The number of benzene rings is 1. The molecule has 1 heterocycles. The van der Waals surface area contributed by atoms with E-state index < -0.39 is 5.60 Å². The van der Waals surface area contributed by atoms with E-state index in [9.17, 15) is 5.11 Å². The summed E-state index contributed by atoms with van der Waals surface area (Å²) in [5, 5.41) is 10.1. The third-order valence-electron chi connectivity index (χ3n) is 3.50. The fraction of sp³-hybridized carbons (Fsp3) is 0.600. The highest BCUT2D eigenvalue weighted by Crippen LogP contribution is 2.40. The maximum Gasteiger partial charge on any atom is 0.0611 e. The summed E-state index contributed by atoms with van der Waals surface area (Å²) in [6.07, 6.45) is 1.81. The molecule has 0 aliphatic carbocycles. The summed E-state index contributed by atoms with van der Waals surface area (Å²) in [4.78, 5) is 2.44. The molecule has 1 unspecified atom stereocenters. The van der Waals surface area contributed by atoms with Crippen molar-refractivity contribution >= 4 is 21.6 Å². The molecule has 18 heavy (non-hydrogen) atoms. The number of hydrogen-bond donors (Lipinski definition) is 1. The van der Waals surface area contributed by atoms with Crippen LogP contribution in [0.1, 0.15) is 39.7 Å². The maximum atomic E-state index is 10.1. The highest BCUT2D eigenvalue weighted by molar-refractivity contribution is 9.10. The molecular weight excluding hydrogens is 290 g/mol. The maximum absolute atomic E-state index is 10.1. The van der Waals surface area contributed by atoms with Crippen LogP contribution in [0, 0.1) is 0 Å². The first-order valence-electron chi connectivity index (χ1n) is 6.57. The van der Waals surface area contributed by atoms with Crippen LogP contribution in [0.15, 0.2) is 22.7 Å². The third kappa shape index (κ3) is 2.72. The molecule has 1 aromatic carbocycles. The van der Waals surface area contributed by atoms with Crippen molar-refractivity contribution in [1.82, 2.24) is 0 Å². The zero-order valence-electron chi connectivity index (χ0n) is 11.6. The molecule has 2 rings (SSSR count). The first-order valence-corrected chi connectivity index (χ1v) is 7.37. The largest absolute Gasteiger partial charge is 0.390 e. The Morgan fingerprint density at radius 1 is 1.44 bits per heavy atom. The minimum Gasteiger partial charge on any atom is -0.390 e. The topological polar surface area (TPSA) is 23.5 Å². The summed E-state index contributed by atoms with van der Waals surface area (Å²) in [5.41, 5.74) is 2.07. The lowest BCUT2D eigenvalue weighted by molar-refractivity contribution is 0.0629. The SMILES string of the molecule is CC(C)N1c2cccc(Br)c2CC1CC(C)(C)O. The molecular formula is C15H22BrNO. The summed E-state index contributed by atoms with van der Waals surface area (Å²) in [6.45, 7) is 8.22. The van der Waals surface area contributed by atoms with Crippen molar-refractivity contribution in [2.75, 3.05) is 4.90 Å². The van der Waals surface area contributed by atoms with E-state index >= 15 is 0 Å². The number of hydrogen-bond acceptors (Lipinski definition) is 2. The van der Waals surface area contributed by atoms with Gasteiger partial charge in [-0.2, -0.15) is 0 Å². The zero-order valence-corrected chi connectivity index (χ0v) is 13.2. The van der Waals surface area contributed by atoms with Gasteiger partial charge in [0.2, 0.25) is 0 Å². The monoisotopic (exact) mass is 311 g/mol. The van der Waals surface area contributed by atoms with Crippen LogP contribution in [-0.2, 0) is 6.42 Å². The van der Waals surface area contributed by atoms with Gasteiger partial charge < -0.3 is 10.0 Å². The average Bonchev–Trinajstić information content (AvgIpc) is 2.54.